The van der Waals surface area contributed by atoms with Gasteiger partial charge in [0, 0.05) is 66.3 Å². The van der Waals surface area contributed by atoms with Crippen LogP contribution in [0.2, 0.25) is 0 Å². The Labute approximate surface area is 271 Å². The zero-order valence-corrected chi connectivity index (χ0v) is 26.4. The lowest BCUT2D eigenvalue weighted by molar-refractivity contribution is -0.113. The van der Waals surface area contributed by atoms with E-state index in [1.807, 2.05) is 42.3 Å². The summed E-state index contributed by atoms with van der Waals surface area (Å²) >= 11 is 0. The molecule has 5 aliphatic rings. The van der Waals surface area contributed by atoms with E-state index in [0.29, 0.717) is 41.0 Å². The summed E-state index contributed by atoms with van der Waals surface area (Å²) in [6.45, 7) is 1.59. The van der Waals surface area contributed by atoms with Crippen molar-refractivity contribution in [1.29, 1.82) is 0 Å². The number of amides is 2. The van der Waals surface area contributed by atoms with Gasteiger partial charge in [-0.25, -0.2) is 9.98 Å². The molecule has 2 aromatic heterocycles. The fourth-order valence-electron chi connectivity index (χ4n) is 8.16. The van der Waals surface area contributed by atoms with Gasteiger partial charge in [0.1, 0.15) is 17.0 Å². The maximum Gasteiger partial charge on any atom is 0.274 e. The summed E-state index contributed by atoms with van der Waals surface area (Å²) in [6, 6.07) is 12.6. The van der Waals surface area contributed by atoms with Crippen molar-refractivity contribution >= 4 is 39.5 Å². The van der Waals surface area contributed by atoms with Crippen LogP contribution in [0.25, 0.3) is 33.5 Å². The number of nitrogens with two attached hydrogens (primary N) is 1. The highest BCUT2D eigenvalue weighted by Crippen LogP contribution is 2.41. The maximum atomic E-state index is 13.8. The second-order valence-electron chi connectivity index (χ2n) is 13.7. The van der Waals surface area contributed by atoms with Crippen molar-refractivity contribution in [3.63, 3.8) is 0 Å². The lowest BCUT2D eigenvalue weighted by Gasteiger charge is -2.27. The topological polar surface area (TPSA) is 128 Å². The van der Waals surface area contributed by atoms with Crippen LogP contribution in [0, 0.1) is 11.8 Å². The Morgan fingerprint density at radius 1 is 1.13 bits per heavy atom. The molecule has 4 aromatic rings. The molecule has 3 fully saturated rings. The fourth-order valence-corrected chi connectivity index (χ4v) is 8.16. The molecule has 3 N–H and O–H groups in total. The summed E-state index contributed by atoms with van der Waals surface area (Å²) < 4.78 is 10.3. The number of aromatic nitrogens is 3. The third-order valence-electron chi connectivity index (χ3n) is 10.8. The smallest absolute Gasteiger partial charge is 0.274 e. The van der Waals surface area contributed by atoms with Gasteiger partial charge in [0.2, 0.25) is 0 Å². The van der Waals surface area contributed by atoms with Crippen LogP contribution in [-0.2, 0) is 18.4 Å². The first-order chi connectivity index (χ1) is 22.8. The molecule has 9 rings (SSSR count). The summed E-state index contributed by atoms with van der Waals surface area (Å²) in [4.78, 5) is 36.7. The Bertz CT molecular complexity index is 2160. The van der Waals surface area contributed by atoms with Gasteiger partial charge in [-0.1, -0.05) is 24.3 Å². The van der Waals surface area contributed by atoms with Gasteiger partial charge in [0.05, 0.1) is 24.0 Å². The van der Waals surface area contributed by atoms with Crippen LogP contribution in [0.1, 0.15) is 47.5 Å². The standard InChI is InChI=1S/C37H36N6O4/c1-41-35-27(12-24(15-32(35)47-2)37(46)43-18-23-8-10-28(43)34(23)38)40-36(41)30-14-22-6-5-21(13-29(22)42(30)17-19-3-4-19)20-7-9-26-25(11-20)31(44)16-33(45)39-26/h5-7,9,11-16,19-20,23,28,34,44H,3-4,8,10,17-18,38H2,1-2H3/t20?,23?,28?,34-/m1/s1. The zero-order chi connectivity index (χ0) is 32.1. The number of likely N-dealkylation sites (tertiary alicyclic amines) is 1. The van der Waals surface area contributed by atoms with Crippen molar-refractivity contribution in [1.82, 2.24) is 19.0 Å². The summed E-state index contributed by atoms with van der Waals surface area (Å²) in [5.41, 5.74) is 12.8. The number of benzene rings is 2. The molecule has 238 valence electrons. The summed E-state index contributed by atoms with van der Waals surface area (Å²) in [7, 11) is 3.64. The second kappa shape index (κ2) is 10.3. The molecule has 0 radical (unpaired) electrons. The SMILES string of the molecule is COc1cc(C(=O)N2CC3CCC2[C@@H]3N)cc2nc(-c3cc4ccc(C5C=CC6=NC(=O)C=C(O)C6=C5)cc4n3CC3CC3)n(C)c12. The van der Waals surface area contributed by atoms with Gasteiger partial charge in [-0.3, -0.25) is 9.59 Å². The average molecular weight is 629 g/mol. The lowest BCUT2D eigenvalue weighted by atomic mass is 9.88. The molecular weight excluding hydrogens is 592 g/mol. The first-order valence-electron chi connectivity index (χ1n) is 16.5. The second-order valence-corrected chi connectivity index (χ2v) is 13.7. The number of aryl methyl sites for hydroxylation is 1. The van der Waals surface area contributed by atoms with Crippen molar-refractivity contribution < 1.29 is 19.4 Å². The number of aliphatic imine (C=N–C) groups is 1. The number of carbonyl (C=O) groups excluding carboxylic acids is 2. The highest BCUT2D eigenvalue weighted by atomic mass is 16.5. The first kappa shape index (κ1) is 28.3. The Kier molecular flexibility index (Phi) is 6.18. The lowest BCUT2D eigenvalue weighted by Crippen LogP contribution is -2.41. The van der Waals surface area contributed by atoms with Gasteiger partial charge in [-0.2, -0.15) is 0 Å². The maximum absolute atomic E-state index is 13.8. The monoisotopic (exact) mass is 628 g/mol. The fraction of sp³-hybridized carbons (Fsp3) is 0.351. The third-order valence-corrected chi connectivity index (χ3v) is 10.8. The number of imidazole rings is 1. The average Bonchev–Trinajstić information content (AvgIpc) is 3.47. The molecule has 1 saturated heterocycles. The highest BCUT2D eigenvalue weighted by molar-refractivity contribution is 6.20. The molecule has 2 amide bonds. The third kappa shape index (κ3) is 4.41. The van der Waals surface area contributed by atoms with E-state index in [1.165, 1.54) is 12.8 Å². The number of dihydropyridines is 1. The molecule has 4 atom stereocenters. The summed E-state index contributed by atoms with van der Waals surface area (Å²) in [5.74, 6) is 1.83. The minimum absolute atomic E-state index is 0.0100. The van der Waals surface area contributed by atoms with Crippen LogP contribution in [0.5, 0.6) is 5.75 Å². The number of ether oxygens (including phenoxy) is 1. The van der Waals surface area contributed by atoms with E-state index in [-0.39, 0.29) is 29.7 Å². The molecule has 2 aliphatic heterocycles. The quantitative estimate of drug-likeness (QED) is 0.303. The van der Waals surface area contributed by atoms with E-state index in [9.17, 15) is 14.7 Å². The number of aliphatic hydroxyl groups is 1. The van der Waals surface area contributed by atoms with Crippen molar-refractivity contribution in [2.24, 2.45) is 29.6 Å². The Balaban J connectivity index is 1.13. The number of nitrogens with zero attached hydrogens (tertiary/aromatic N) is 5. The molecule has 2 bridgehead atoms. The number of hydrogen-bond donors (Lipinski definition) is 2. The molecule has 3 unspecified atom stereocenters. The van der Waals surface area contributed by atoms with E-state index in [2.05, 4.69) is 38.4 Å². The number of fused-ring (bicyclic) bond motifs is 5. The largest absolute Gasteiger partial charge is 0.507 e. The van der Waals surface area contributed by atoms with E-state index in [0.717, 1.165) is 64.5 Å². The molecule has 3 aliphatic carbocycles. The van der Waals surface area contributed by atoms with Crippen LogP contribution in [0.3, 0.4) is 0 Å². The number of rotatable bonds is 6. The normalized spacial score (nSPS) is 25.0. The van der Waals surface area contributed by atoms with Gasteiger partial charge < -0.3 is 29.6 Å². The number of carbonyl (C=O) groups is 2. The summed E-state index contributed by atoms with van der Waals surface area (Å²) in [6.07, 6.45) is 11.4. The number of hydrogen-bond acceptors (Lipinski definition) is 6. The van der Waals surface area contributed by atoms with E-state index >= 15 is 0 Å². The molecule has 10 nitrogen and oxygen atoms in total. The van der Waals surface area contributed by atoms with Crippen LogP contribution < -0.4 is 10.5 Å². The number of allylic oxidation sites excluding steroid dienone is 4. The summed E-state index contributed by atoms with van der Waals surface area (Å²) in [5, 5.41) is 11.6. The van der Waals surface area contributed by atoms with Gasteiger partial charge in [-0.15, -0.1) is 0 Å². The van der Waals surface area contributed by atoms with Crippen molar-refractivity contribution in [2.75, 3.05) is 13.7 Å². The Morgan fingerprint density at radius 2 is 1.98 bits per heavy atom. The Morgan fingerprint density at radius 3 is 2.72 bits per heavy atom. The molecule has 10 heteroatoms. The van der Waals surface area contributed by atoms with Crippen LogP contribution in [-0.4, -0.2) is 67.4 Å². The van der Waals surface area contributed by atoms with Gasteiger partial charge in [0.25, 0.3) is 11.8 Å². The van der Waals surface area contributed by atoms with Crippen molar-refractivity contribution in [3.05, 3.63) is 83.2 Å². The molecule has 2 aromatic carbocycles. The van der Waals surface area contributed by atoms with E-state index in [1.54, 1.807) is 7.11 Å². The van der Waals surface area contributed by atoms with Crippen LogP contribution >= 0.6 is 0 Å². The minimum Gasteiger partial charge on any atom is -0.507 e. The molecule has 4 heterocycles. The number of piperidine rings is 1. The number of aliphatic hydroxyl groups excluding tert-OH is 1. The molecular formula is C37H36N6O4. The van der Waals surface area contributed by atoms with Crippen LogP contribution in [0.15, 0.2) is 77.0 Å². The molecule has 47 heavy (non-hydrogen) atoms. The predicted octanol–water partition coefficient (Wildman–Crippen LogP) is 5.18. The zero-order valence-electron chi connectivity index (χ0n) is 26.4. The first-order valence-corrected chi connectivity index (χ1v) is 16.5. The van der Waals surface area contributed by atoms with E-state index < -0.39 is 5.91 Å². The molecule has 0 spiro atoms. The molecule has 2 saturated carbocycles. The highest BCUT2D eigenvalue weighted by Gasteiger charge is 2.47. The van der Waals surface area contributed by atoms with Gasteiger partial charge >= 0.3 is 0 Å². The van der Waals surface area contributed by atoms with Crippen molar-refractivity contribution in [3.8, 4) is 17.3 Å². The Hall–Kier alpha value is -4.96. The number of methoxy groups -OCH3 is 1. The van der Waals surface area contributed by atoms with Crippen LogP contribution in [0.4, 0.5) is 0 Å². The predicted molar refractivity (Wildman–Crippen MR) is 180 cm³/mol. The van der Waals surface area contributed by atoms with Gasteiger partial charge in [-0.05, 0) is 73.4 Å². The van der Waals surface area contributed by atoms with Crippen molar-refractivity contribution in [2.45, 2.75) is 50.2 Å². The minimum atomic E-state index is -0.449. The van der Waals surface area contributed by atoms with E-state index in [4.69, 9.17) is 15.5 Å². The van der Waals surface area contributed by atoms with Gasteiger partial charge in [0.15, 0.2) is 5.82 Å².